The molecule has 2 aromatic carbocycles. The highest BCUT2D eigenvalue weighted by molar-refractivity contribution is 5.94. The number of nitrogens with one attached hydrogen (secondary N) is 1. The van der Waals surface area contributed by atoms with Crippen molar-refractivity contribution in [2.75, 3.05) is 19.4 Å². The van der Waals surface area contributed by atoms with Crippen molar-refractivity contribution in [3.8, 4) is 0 Å². The number of nitrogens with zero attached hydrogens (tertiary/aromatic N) is 1. The van der Waals surface area contributed by atoms with Gasteiger partial charge in [-0.2, -0.15) is 0 Å². The van der Waals surface area contributed by atoms with Crippen LogP contribution in [-0.4, -0.2) is 24.9 Å². The second kappa shape index (κ2) is 6.44. The van der Waals surface area contributed by atoms with E-state index in [9.17, 15) is 4.79 Å². The fourth-order valence-electron chi connectivity index (χ4n) is 2.19. The Hall–Kier alpha value is -2.29. The number of hydrogen-bond acceptors (Lipinski definition) is 2. The van der Waals surface area contributed by atoms with Gasteiger partial charge in [-0.15, -0.1) is 0 Å². The Bertz CT molecular complexity index is 617. The van der Waals surface area contributed by atoms with Crippen molar-refractivity contribution in [3.05, 3.63) is 65.2 Å². The monoisotopic (exact) mass is 282 g/mol. The molecule has 0 fully saturated rings. The molecule has 0 aliphatic carbocycles. The number of aryl methyl sites for hydroxylation is 1. The number of rotatable bonds is 4. The minimum Gasteiger partial charge on any atom is -0.379 e. The summed E-state index contributed by atoms with van der Waals surface area (Å²) in [5.74, 6) is 0.0154. The van der Waals surface area contributed by atoms with E-state index in [-0.39, 0.29) is 11.9 Å². The van der Waals surface area contributed by atoms with Crippen LogP contribution in [0.1, 0.15) is 34.5 Å². The molecule has 0 bridgehead atoms. The van der Waals surface area contributed by atoms with E-state index in [1.54, 1.807) is 19.0 Å². The van der Waals surface area contributed by atoms with E-state index in [1.165, 1.54) is 11.1 Å². The molecule has 0 heterocycles. The lowest BCUT2D eigenvalue weighted by molar-refractivity contribution is 0.0827. The summed E-state index contributed by atoms with van der Waals surface area (Å²) in [5, 5.41) is 3.44. The number of benzene rings is 2. The molecular weight excluding hydrogens is 260 g/mol. The van der Waals surface area contributed by atoms with Crippen molar-refractivity contribution in [1.29, 1.82) is 0 Å². The first kappa shape index (κ1) is 15.1. The predicted octanol–water partition coefficient (Wildman–Crippen LogP) is 3.87. The van der Waals surface area contributed by atoms with Crippen LogP contribution in [0.25, 0.3) is 0 Å². The third-order valence-electron chi connectivity index (χ3n) is 3.48. The van der Waals surface area contributed by atoms with E-state index in [2.05, 4.69) is 43.4 Å². The highest BCUT2D eigenvalue weighted by Gasteiger charge is 2.10. The number of hydrogen-bond donors (Lipinski definition) is 1. The topological polar surface area (TPSA) is 32.3 Å². The lowest BCUT2D eigenvalue weighted by Crippen LogP contribution is -2.21. The first-order valence-corrected chi connectivity index (χ1v) is 7.12. The number of carbonyl (C=O) groups excluding carboxylic acids is 1. The van der Waals surface area contributed by atoms with E-state index in [1.807, 2.05) is 24.3 Å². The van der Waals surface area contributed by atoms with Crippen molar-refractivity contribution >= 4 is 11.6 Å². The van der Waals surface area contributed by atoms with Gasteiger partial charge in [-0.05, 0) is 37.6 Å². The summed E-state index contributed by atoms with van der Waals surface area (Å²) in [6, 6.07) is 16.3. The Morgan fingerprint density at radius 1 is 1.10 bits per heavy atom. The van der Waals surface area contributed by atoms with E-state index >= 15 is 0 Å². The Morgan fingerprint density at radius 2 is 1.76 bits per heavy atom. The van der Waals surface area contributed by atoms with Gasteiger partial charge in [0.1, 0.15) is 0 Å². The summed E-state index contributed by atoms with van der Waals surface area (Å²) in [5.41, 5.74) is 4.13. The Balaban J connectivity index is 2.14. The highest BCUT2D eigenvalue weighted by atomic mass is 16.2. The van der Waals surface area contributed by atoms with E-state index < -0.39 is 0 Å². The van der Waals surface area contributed by atoms with Crippen LogP contribution in [0.3, 0.4) is 0 Å². The predicted molar refractivity (Wildman–Crippen MR) is 87.7 cm³/mol. The highest BCUT2D eigenvalue weighted by Crippen LogP contribution is 2.20. The maximum atomic E-state index is 12.0. The van der Waals surface area contributed by atoms with Gasteiger partial charge in [0.05, 0.1) is 0 Å². The first-order chi connectivity index (χ1) is 9.97. The van der Waals surface area contributed by atoms with Gasteiger partial charge >= 0.3 is 0 Å². The summed E-state index contributed by atoms with van der Waals surface area (Å²) < 4.78 is 0. The van der Waals surface area contributed by atoms with Crippen molar-refractivity contribution in [3.63, 3.8) is 0 Å². The third kappa shape index (κ3) is 3.85. The lowest BCUT2D eigenvalue weighted by atomic mass is 10.1. The van der Waals surface area contributed by atoms with Gasteiger partial charge in [-0.1, -0.05) is 35.9 Å². The summed E-state index contributed by atoms with van der Waals surface area (Å²) in [7, 11) is 3.52. The first-order valence-electron chi connectivity index (χ1n) is 7.12. The maximum Gasteiger partial charge on any atom is 0.253 e. The SMILES string of the molecule is Cc1ccc(C(C)Nc2cccc(C(=O)N(C)C)c2)cc1. The van der Waals surface area contributed by atoms with Gasteiger partial charge in [-0.25, -0.2) is 0 Å². The quantitative estimate of drug-likeness (QED) is 0.923. The molecule has 2 rings (SSSR count). The molecule has 0 saturated carbocycles. The molecule has 0 aromatic heterocycles. The van der Waals surface area contributed by atoms with Gasteiger partial charge in [0, 0.05) is 31.4 Å². The average Bonchev–Trinajstić information content (AvgIpc) is 2.47. The van der Waals surface area contributed by atoms with Gasteiger partial charge < -0.3 is 10.2 Å². The smallest absolute Gasteiger partial charge is 0.253 e. The molecule has 0 spiro atoms. The van der Waals surface area contributed by atoms with Crippen LogP contribution in [-0.2, 0) is 0 Å². The zero-order chi connectivity index (χ0) is 15.4. The number of anilines is 1. The van der Waals surface area contributed by atoms with E-state index in [4.69, 9.17) is 0 Å². The van der Waals surface area contributed by atoms with Gasteiger partial charge in [0.25, 0.3) is 5.91 Å². The minimum absolute atomic E-state index is 0.0154. The number of carbonyl (C=O) groups is 1. The molecule has 1 N–H and O–H groups in total. The molecule has 3 heteroatoms. The van der Waals surface area contributed by atoms with Gasteiger partial charge in [0.2, 0.25) is 0 Å². The normalized spacial score (nSPS) is 11.8. The van der Waals surface area contributed by atoms with Crippen LogP contribution in [0.4, 0.5) is 5.69 Å². The molecule has 110 valence electrons. The summed E-state index contributed by atoms with van der Waals surface area (Å²) in [6.07, 6.45) is 0. The molecular formula is C18H22N2O. The molecule has 0 aliphatic heterocycles. The van der Waals surface area contributed by atoms with Crippen LogP contribution < -0.4 is 5.32 Å². The van der Waals surface area contributed by atoms with Crippen LogP contribution in [0.2, 0.25) is 0 Å². The van der Waals surface area contributed by atoms with Crippen molar-refractivity contribution in [1.82, 2.24) is 4.90 Å². The molecule has 0 saturated heterocycles. The third-order valence-corrected chi connectivity index (χ3v) is 3.48. The largest absolute Gasteiger partial charge is 0.379 e. The van der Waals surface area contributed by atoms with Crippen molar-refractivity contribution < 1.29 is 4.79 Å². The second-order valence-electron chi connectivity index (χ2n) is 5.56. The maximum absolute atomic E-state index is 12.0. The van der Waals surface area contributed by atoms with E-state index in [0.29, 0.717) is 5.56 Å². The zero-order valence-corrected chi connectivity index (χ0v) is 13.1. The molecule has 21 heavy (non-hydrogen) atoms. The zero-order valence-electron chi connectivity index (χ0n) is 13.1. The summed E-state index contributed by atoms with van der Waals surface area (Å²) >= 11 is 0. The van der Waals surface area contributed by atoms with Gasteiger partial charge in [-0.3, -0.25) is 4.79 Å². The molecule has 2 aromatic rings. The molecule has 3 nitrogen and oxygen atoms in total. The van der Waals surface area contributed by atoms with Crippen molar-refractivity contribution in [2.45, 2.75) is 19.9 Å². The molecule has 0 radical (unpaired) electrons. The standard InChI is InChI=1S/C18H22N2O/c1-13-8-10-15(11-9-13)14(2)19-17-7-5-6-16(12-17)18(21)20(3)4/h5-12,14,19H,1-4H3. The Morgan fingerprint density at radius 3 is 2.38 bits per heavy atom. The average molecular weight is 282 g/mol. The number of amides is 1. The molecule has 1 amide bonds. The fraction of sp³-hybridized carbons (Fsp3) is 0.278. The molecule has 1 unspecified atom stereocenters. The molecule has 0 aliphatic rings. The van der Waals surface area contributed by atoms with Gasteiger partial charge in [0.15, 0.2) is 0 Å². The fourth-order valence-corrected chi connectivity index (χ4v) is 2.19. The van der Waals surface area contributed by atoms with E-state index in [0.717, 1.165) is 5.69 Å². The summed E-state index contributed by atoms with van der Waals surface area (Å²) in [4.78, 5) is 13.6. The van der Waals surface area contributed by atoms with Crippen LogP contribution in [0, 0.1) is 6.92 Å². The molecule has 1 atom stereocenters. The van der Waals surface area contributed by atoms with Crippen LogP contribution in [0.5, 0.6) is 0 Å². The summed E-state index contributed by atoms with van der Waals surface area (Å²) in [6.45, 7) is 4.20. The van der Waals surface area contributed by atoms with Crippen LogP contribution >= 0.6 is 0 Å². The Kier molecular flexibility index (Phi) is 4.63. The second-order valence-corrected chi connectivity index (χ2v) is 5.56. The van der Waals surface area contributed by atoms with Crippen molar-refractivity contribution in [2.24, 2.45) is 0 Å². The minimum atomic E-state index is 0.0154. The lowest BCUT2D eigenvalue weighted by Gasteiger charge is -2.17. The van der Waals surface area contributed by atoms with Crippen LogP contribution in [0.15, 0.2) is 48.5 Å². The Labute approximate surface area is 126 Å².